The van der Waals surface area contributed by atoms with E-state index in [1.807, 2.05) is 0 Å². The summed E-state index contributed by atoms with van der Waals surface area (Å²) in [5.74, 6) is -1.77. The van der Waals surface area contributed by atoms with Gasteiger partial charge in [0.2, 0.25) is 5.90 Å². The van der Waals surface area contributed by atoms with Crippen LogP contribution < -0.4 is 4.74 Å². The van der Waals surface area contributed by atoms with Crippen molar-refractivity contribution in [3.63, 3.8) is 0 Å². The number of hydrogen-bond donors (Lipinski definition) is 3. The van der Waals surface area contributed by atoms with Gasteiger partial charge in [-0.25, -0.2) is 4.39 Å². The van der Waals surface area contributed by atoms with Crippen LogP contribution in [0, 0.1) is 28.0 Å². The number of hydrogen-bond acceptors (Lipinski definition) is 5. The van der Waals surface area contributed by atoms with Crippen molar-refractivity contribution >= 4 is 11.6 Å². The second-order valence-corrected chi connectivity index (χ2v) is 5.04. The van der Waals surface area contributed by atoms with Gasteiger partial charge >= 0.3 is 6.18 Å². The number of rotatable bonds is 3. The predicted molar refractivity (Wildman–Crippen MR) is 75.5 cm³/mol. The van der Waals surface area contributed by atoms with Gasteiger partial charge in [-0.3, -0.25) is 10.8 Å². The molecular weight excluding hydrogens is 330 g/mol. The lowest BCUT2D eigenvalue weighted by atomic mass is 10.0. The Morgan fingerprint density at radius 1 is 1.29 bits per heavy atom. The maximum atomic E-state index is 13.3. The molecule has 24 heavy (non-hydrogen) atoms. The summed E-state index contributed by atoms with van der Waals surface area (Å²) in [4.78, 5) is 0. The third-order valence-electron chi connectivity index (χ3n) is 3.37. The zero-order valence-electron chi connectivity index (χ0n) is 12.0. The van der Waals surface area contributed by atoms with Gasteiger partial charge in [0.15, 0.2) is 0 Å². The van der Waals surface area contributed by atoms with Crippen LogP contribution in [0.4, 0.5) is 17.6 Å². The van der Waals surface area contributed by atoms with E-state index in [-0.39, 0.29) is 29.7 Å². The van der Waals surface area contributed by atoms with Crippen LogP contribution >= 0.6 is 0 Å². The van der Waals surface area contributed by atoms with Crippen molar-refractivity contribution in [3.05, 3.63) is 40.7 Å². The Bertz CT molecular complexity index is 778. The Morgan fingerprint density at radius 3 is 2.54 bits per heavy atom. The lowest BCUT2D eigenvalue weighted by molar-refractivity contribution is -0.0598. The van der Waals surface area contributed by atoms with E-state index in [0.717, 1.165) is 18.2 Å². The fourth-order valence-corrected chi connectivity index (χ4v) is 2.33. The number of halogens is 4. The van der Waals surface area contributed by atoms with Crippen molar-refractivity contribution in [3.8, 4) is 11.8 Å². The topological polar surface area (TPSA) is 101 Å². The van der Waals surface area contributed by atoms with Crippen LogP contribution in [0.1, 0.15) is 18.4 Å². The lowest BCUT2D eigenvalue weighted by Gasteiger charge is -2.15. The Balaban J connectivity index is 2.34. The molecule has 0 spiro atoms. The van der Waals surface area contributed by atoms with Gasteiger partial charge in [-0.15, -0.1) is 0 Å². The third kappa shape index (κ3) is 3.60. The van der Waals surface area contributed by atoms with Crippen LogP contribution in [0.2, 0.25) is 0 Å². The van der Waals surface area contributed by atoms with Crippen LogP contribution in [-0.4, -0.2) is 29.0 Å². The van der Waals surface area contributed by atoms with Gasteiger partial charge in [0, 0.05) is 17.2 Å². The molecule has 0 aromatic heterocycles. The molecule has 1 aliphatic carbocycles. The zero-order chi connectivity index (χ0) is 18.1. The standard InChI is InChI=1S/C15H11F4N3O2/c16-8-3-7(6-20)4-9(5-8)24-14(22)10-1-2-11(23)12(10)13(21)15(17,18)19/h3-5,11,21-23H,1-2H2. The van der Waals surface area contributed by atoms with E-state index in [1.54, 1.807) is 6.07 Å². The summed E-state index contributed by atoms with van der Waals surface area (Å²) in [6, 6.07) is 4.60. The first-order valence-corrected chi connectivity index (χ1v) is 6.68. The molecular formula is C15H11F4N3O2. The molecule has 0 heterocycles. The van der Waals surface area contributed by atoms with E-state index in [1.165, 1.54) is 0 Å². The van der Waals surface area contributed by atoms with Crippen molar-refractivity contribution in [2.45, 2.75) is 25.1 Å². The first kappa shape index (κ1) is 17.6. The summed E-state index contributed by atoms with van der Waals surface area (Å²) in [5, 5.41) is 33.4. The van der Waals surface area contributed by atoms with E-state index in [2.05, 4.69) is 0 Å². The molecule has 9 heteroatoms. The minimum absolute atomic E-state index is 0.0819. The van der Waals surface area contributed by atoms with Crippen molar-refractivity contribution in [2.75, 3.05) is 0 Å². The Hall–Kier alpha value is -2.73. The fourth-order valence-electron chi connectivity index (χ4n) is 2.33. The highest BCUT2D eigenvalue weighted by atomic mass is 19.4. The summed E-state index contributed by atoms with van der Waals surface area (Å²) >= 11 is 0. The molecule has 0 fully saturated rings. The largest absolute Gasteiger partial charge is 0.439 e. The minimum Gasteiger partial charge on any atom is -0.439 e. The summed E-state index contributed by atoms with van der Waals surface area (Å²) in [6.07, 6.45) is -6.67. The maximum Gasteiger partial charge on any atom is 0.433 e. The average Bonchev–Trinajstić information content (AvgIpc) is 2.86. The molecule has 126 valence electrons. The Labute approximate surface area is 133 Å². The predicted octanol–water partition coefficient (Wildman–Crippen LogP) is 3.09. The number of alkyl halides is 3. The molecule has 0 saturated heterocycles. The molecule has 5 nitrogen and oxygen atoms in total. The van der Waals surface area contributed by atoms with Crippen molar-refractivity contribution in [2.24, 2.45) is 0 Å². The van der Waals surface area contributed by atoms with Gasteiger partial charge in [-0.1, -0.05) is 0 Å². The van der Waals surface area contributed by atoms with E-state index in [9.17, 15) is 22.7 Å². The van der Waals surface area contributed by atoms with Crippen LogP contribution in [-0.2, 0) is 0 Å². The molecule has 2 rings (SSSR count). The number of nitriles is 1. The van der Waals surface area contributed by atoms with Gasteiger partial charge in [0.25, 0.3) is 0 Å². The Morgan fingerprint density at radius 2 is 1.96 bits per heavy atom. The highest BCUT2D eigenvalue weighted by molar-refractivity contribution is 6.10. The van der Waals surface area contributed by atoms with E-state index < -0.39 is 35.3 Å². The molecule has 1 aromatic rings. The highest BCUT2D eigenvalue weighted by Gasteiger charge is 2.43. The summed E-state index contributed by atoms with van der Waals surface area (Å²) < 4.78 is 56.5. The van der Waals surface area contributed by atoms with Gasteiger partial charge in [0.05, 0.1) is 17.7 Å². The molecule has 1 atom stereocenters. The van der Waals surface area contributed by atoms with E-state index in [4.69, 9.17) is 20.8 Å². The zero-order valence-corrected chi connectivity index (χ0v) is 12.0. The van der Waals surface area contributed by atoms with E-state index in [0.29, 0.717) is 0 Å². The van der Waals surface area contributed by atoms with Crippen LogP contribution in [0.15, 0.2) is 29.3 Å². The second-order valence-electron chi connectivity index (χ2n) is 5.04. The van der Waals surface area contributed by atoms with Crippen molar-refractivity contribution < 1.29 is 27.4 Å². The normalized spacial score (nSPS) is 17.6. The summed E-state index contributed by atoms with van der Waals surface area (Å²) in [7, 11) is 0. The number of ether oxygens (including phenoxy) is 1. The summed E-state index contributed by atoms with van der Waals surface area (Å²) in [5.41, 5.74) is -2.81. The quantitative estimate of drug-likeness (QED) is 0.447. The average molecular weight is 341 g/mol. The summed E-state index contributed by atoms with van der Waals surface area (Å²) in [6.45, 7) is 0. The second kappa shape index (κ2) is 6.41. The lowest BCUT2D eigenvalue weighted by Crippen LogP contribution is -2.29. The highest BCUT2D eigenvalue weighted by Crippen LogP contribution is 2.34. The van der Waals surface area contributed by atoms with Gasteiger partial charge in [0.1, 0.15) is 17.3 Å². The first-order valence-electron chi connectivity index (χ1n) is 6.68. The number of nitrogens with one attached hydrogen (secondary N) is 2. The van der Waals surface area contributed by atoms with Crippen LogP contribution in [0.5, 0.6) is 5.75 Å². The van der Waals surface area contributed by atoms with Crippen LogP contribution in [0.3, 0.4) is 0 Å². The molecule has 0 amide bonds. The van der Waals surface area contributed by atoms with E-state index >= 15 is 0 Å². The molecule has 0 aliphatic heterocycles. The third-order valence-corrected chi connectivity index (χ3v) is 3.37. The number of aliphatic hydroxyl groups is 1. The number of benzene rings is 1. The maximum absolute atomic E-state index is 13.3. The van der Waals surface area contributed by atoms with Gasteiger partial charge in [-0.2, -0.15) is 18.4 Å². The number of aliphatic hydroxyl groups excluding tert-OH is 1. The molecule has 0 radical (unpaired) electrons. The molecule has 0 saturated carbocycles. The smallest absolute Gasteiger partial charge is 0.433 e. The molecule has 1 aliphatic rings. The number of nitrogens with zero attached hydrogens (tertiary/aromatic N) is 1. The van der Waals surface area contributed by atoms with Gasteiger partial charge < -0.3 is 9.84 Å². The molecule has 0 bridgehead atoms. The van der Waals surface area contributed by atoms with Crippen molar-refractivity contribution in [1.29, 1.82) is 16.1 Å². The van der Waals surface area contributed by atoms with Gasteiger partial charge in [-0.05, 0) is 25.0 Å². The van der Waals surface area contributed by atoms with Crippen molar-refractivity contribution in [1.82, 2.24) is 0 Å². The first-order chi connectivity index (χ1) is 11.1. The molecule has 3 N–H and O–H groups in total. The SMILES string of the molecule is N#Cc1cc(F)cc(OC(=N)C2=C(C(=N)C(F)(F)F)C(O)CC2)c1. The van der Waals surface area contributed by atoms with Crippen LogP contribution in [0.25, 0.3) is 0 Å². The Kier molecular flexibility index (Phi) is 4.71. The molecule has 1 aromatic carbocycles. The fraction of sp³-hybridized carbons (Fsp3) is 0.267. The minimum atomic E-state index is -4.97. The molecule has 1 unspecified atom stereocenters. The monoisotopic (exact) mass is 341 g/mol.